The second-order valence-corrected chi connectivity index (χ2v) is 5.79. The molecule has 2 rings (SSSR count). The van der Waals surface area contributed by atoms with Crippen molar-refractivity contribution in [2.45, 2.75) is 71.8 Å². The van der Waals surface area contributed by atoms with Gasteiger partial charge >= 0.3 is 0 Å². The summed E-state index contributed by atoms with van der Waals surface area (Å²) in [5, 5.41) is 3.49. The van der Waals surface area contributed by atoms with Gasteiger partial charge in [0.05, 0.1) is 0 Å². The summed E-state index contributed by atoms with van der Waals surface area (Å²) in [5.41, 5.74) is 3.95. The Balaban J connectivity index is 2.18. The molecule has 3 nitrogen and oxygen atoms in total. The van der Waals surface area contributed by atoms with Gasteiger partial charge in [-0.2, -0.15) is 0 Å². The summed E-state index contributed by atoms with van der Waals surface area (Å²) in [6.07, 6.45) is 5.65. The van der Waals surface area contributed by atoms with E-state index in [1.54, 1.807) is 0 Å². The summed E-state index contributed by atoms with van der Waals surface area (Å²) >= 11 is 0. The zero-order chi connectivity index (χ0) is 13.8. The summed E-state index contributed by atoms with van der Waals surface area (Å²) in [6.45, 7) is 9.81. The van der Waals surface area contributed by atoms with Crippen LogP contribution in [-0.2, 0) is 19.3 Å². The maximum absolute atomic E-state index is 4.82. The molecule has 3 heteroatoms. The Bertz CT molecular complexity index is 397. The van der Waals surface area contributed by atoms with Gasteiger partial charge in [-0.25, -0.2) is 9.97 Å². The second kappa shape index (κ2) is 6.47. The van der Waals surface area contributed by atoms with Crippen LogP contribution in [0.3, 0.4) is 0 Å². The lowest BCUT2D eigenvalue weighted by molar-refractivity contribution is 0.585. The zero-order valence-corrected chi connectivity index (χ0v) is 12.8. The van der Waals surface area contributed by atoms with Gasteiger partial charge in [0.2, 0.25) is 0 Å². The second-order valence-electron chi connectivity index (χ2n) is 5.79. The van der Waals surface area contributed by atoms with E-state index in [9.17, 15) is 0 Å². The monoisotopic (exact) mass is 261 g/mol. The van der Waals surface area contributed by atoms with Crippen LogP contribution >= 0.6 is 0 Å². The lowest BCUT2D eigenvalue weighted by Gasteiger charge is -2.15. The lowest BCUT2D eigenvalue weighted by atomic mass is 10.0. The number of nitrogens with zero attached hydrogens (tertiary/aromatic N) is 2. The molecule has 1 heterocycles. The Morgan fingerprint density at radius 3 is 2.11 bits per heavy atom. The molecule has 0 spiro atoms. The van der Waals surface area contributed by atoms with Crippen LogP contribution in [-0.4, -0.2) is 22.6 Å². The Hall–Kier alpha value is -0.960. The molecular weight excluding hydrogens is 234 g/mol. The number of hydrogen-bond acceptors (Lipinski definition) is 3. The molecule has 1 aliphatic rings. The fraction of sp³-hybridized carbons (Fsp3) is 0.750. The summed E-state index contributed by atoms with van der Waals surface area (Å²) in [6, 6.07) is 0.543. The Labute approximate surface area is 117 Å². The third-order valence-electron chi connectivity index (χ3n) is 3.74. The summed E-state index contributed by atoms with van der Waals surface area (Å²) in [7, 11) is 0. The van der Waals surface area contributed by atoms with Crippen molar-refractivity contribution in [3.05, 3.63) is 22.8 Å². The number of nitrogens with one attached hydrogen (secondary N) is 1. The van der Waals surface area contributed by atoms with Crippen LogP contribution in [0.15, 0.2) is 0 Å². The summed E-state index contributed by atoms with van der Waals surface area (Å²) in [4.78, 5) is 9.64. The number of aryl methyl sites for hydroxylation is 2. The van der Waals surface area contributed by atoms with E-state index < -0.39 is 0 Å². The average molecular weight is 261 g/mol. The maximum Gasteiger partial charge on any atom is 0.131 e. The molecule has 0 atom stereocenters. The minimum Gasteiger partial charge on any atom is -0.314 e. The highest BCUT2D eigenvalue weighted by molar-refractivity contribution is 5.28. The molecule has 0 aromatic carbocycles. The molecule has 1 aromatic heterocycles. The zero-order valence-electron chi connectivity index (χ0n) is 12.8. The number of aromatic nitrogens is 2. The van der Waals surface area contributed by atoms with E-state index >= 15 is 0 Å². The van der Waals surface area contributed by atoms with Gasteiger partial charge < -0.3 is 5.32 Å². The van der Waals surface area contributed by atoms with Crippen molar-refractivity contribution in [1.82, 2.24) is 15.3 Å². The topological polar surface area (TPSA) is 37.8 Å². The molecule has 0 bridgehead atoms. The highest BCUT2D eigenvalue weighted by Crippen LogP contribution is 2.38. The van der Waals surface area contributed by atoms with Crippen molar-refractivity contribution >= 4 is 0 Å². The van der Waals surface area contributed by atoms with E-state index in [1.807, 2.05) is 0 Å². The van der Waals surface area contributed by atoms with Crippen molar-refractivity contribution in [3.8, 4) is 0 Å². The predicted octanol–water partition coefficient (Wildman–Crippen LogP) is 3.02. The molecule has 1 saturated carbocycles. The standard InChI is InChI=1S/C16H27N3/c1-5-14-13(9-10-17-11(3)4)15(6-2)19-16(18-14)12-7-8-12/h11-12,17H,5-10H2,1-4H3. The molecule has 0 unspecified atom stereocenters. The first kappa shape index (κ1) is 14.4. The molecule has 0 aliphatic heterocycles. The molecule has 1 aliphatic carbocycles. The number of hydrogen-bond donors (Lipinski definition) is 1. The largest absolute Gasteiger partial charge is 0.314 e. The van der Waals surface area contributed by atoms with Gasteiger partial charge in [0.1, 0.15) is 5.82 Å². The van der Waals surface area contributed by atoms with Crippen LogP contribution in [0, 0.1) is 0 Å². The first-order valence-electron chi connectivity index (χ1n) is 7.77. The molecule has 1 N–H and O–H groups in total. The van der Waals surface area contributed by atoms with Crippen molar-refractivity contribution in [2.75, 3.05) is 6.54 Å². The highest BCUT2D eigenvalue weighted by atomic mass is 14.9. The van der Waals surface area contributed by atoms with Gasteiger partial charge in [0.15, 0.2) is 0 Å². The summed E-state index contributed by atoms with van der Waals surface area (Å²) < 4.78 is 0. The van der Waals surface area contributed by atoms with Gasteiger partial charge in [0, 0.05) is 23.3 Å². The fourth-order valence-corrected chi connectivity index (χ4v) is 2.49. The van der Waals surface area contributed by atoms with Crippen molar-refractivity contribution < 1.29 is 0 Å². The molecule has 1 fully saturated rings. The summed E-state index contributed by atoms with van der Waals surface area (Å²) in [5.74, 6) is 1.76. The Morgan fingerprint density at radius 2 is 1.68 bits per heavy atom. The van der Waals surface area contributed by atoms with Gasteiger partial charge in [-0.05, 0) is 44.2 Å². The third-order valence-corrected chi connectivity index (χ3v) is 3.74. The fourth-order valence-electron chi connectivity index (χ4n) is 2.49. The minimum atomic E-state index is 0.543. The van der Waals surface area contributed by atoms with Crippen LogP contribution in [0.2, 0.25) is 0 Å². The van der Waals surface area contributed by atoms with Crippen molar-refractivity contribution in [2.24, 2.45) is 0 Å². The van der Waals surface area contributed by atoms with Crippen LogP contribution in [0.4, 0.5) is 0 Å². The van der Waals surface area contributed by atoms with Crippen molar-refractivity contribution in [1.29, 1.82) is 0 Å². The van der Waals surface area contributed by atoms with E-state index in [1.165, 1.54) is 29.8 Å². The molecule has 106 valence electrons. The van der Waals surface area contributed by atoms with Crippen molar-refractivity contribution in [3.63, 3.8) is 0 Å². The van der Waals surface area contributed by atoms with Crippen LogP contribution in [0.1, 0.15) is 69.2 Å². The van der Waals surface area contributed by atoms with Gasteiger partial charge in [-0.1, -0.05) is 27.7 Å². The molecule has 19 heavy (non-hydrogen) atoms. The molecule has 1 aromatic rings. The van der Waals surface area contributed by atoms with E-state index in [0.29, 0.717) is 12.0 Å². The normalized spacial score (nSPS) is 15.2. The Morgan fingerprint density at radius 1 is 1.11 bits per heavy atom. The molecule has 0 amide bonds. The van der Waals surface area contributed by atoms with Crippen LogP contribution in [0.5, 0.6) is 0 Å². The van der Waals surface area contributed by atoms with Crippen LogP contribution in [0.25, 0.3) is 0 Å². The van der Waals surface area contributed by atoms with E-state index in [0.717, 1.165) is 31.6 Å². The first-order chi connectivity index (χ1) is 9.15. The van der Waals surface area contributed by atoms with Gasteiger partial charge in [-0.15, -0.1) is 0 Å². The average Bonchev–Trinajstić information content (AvgIpc) is 3.22. The van der Waals surface area contributed by atoms with E-state index in [4.69, 9.17) is 9.97 Å². The van der Waals surface area contributed by atoms with E-state index in [-0.39, 0.29) is 0 Å². The predicted molar refractivity (Wildman–Crippen MR) is 79.6 cm³/mol. The minimum absolute atomic E-state index is 0.543. The quantitative estimate of drug-likeness (QED) is 0.820. The van der Waals surface area contributed by atoms with E-state index in [2.05, 4.69) is 33.0 Å². The van der Waals surface area contributed by atoms with Gasteiger partial charge in [-0.3, -0.25) is 0 Å². The molecule has 0 radical (unpaired) electrons. The Kier molecular flexibility index (Phi) is 4.92. The third kappa shape index (κ3) is 3.75. The molecular formula is C16H27N3. The SMILES string of the molecule is CCc1nc(C2CC2)nc(CC)c1CCNC(C)C. The van der Waals surface area contributed by atoms with Crippen LogP contribution < -0.4 is 5.32 Å². The maximum atomic E-state index is 4.82. The smallest absolute Gasteiger partial charge is 0.131 e. The molecule has 0 saturated heterocycles. The lowest BCUT2D eigenvalue weighted by Crippen LogP contribution is -2.26. The first-order valence-corrected chi connectivity index (χ1v) is 7.77. The highest BCUT2D eigenvalue weighted by Gasteiger charge is 2.28. The van der Waals surface area contributed by atoms with Gasteiger partial charge in [0.25, 0.3) is 0 Å². The number of rotatable bonds is 7.